The largest absolute Gasteiger partial charge is 0.497 e. The highest BCUT2D eigenvalue weighted by Gasteiger charge is 2.48. The van der Waals surface area contributed by atoms with Crippen LogP contribution in [0.2, 0.25) is 0 Å². The fourth-order valence-electron chi connectivity index (χ4n) is 4.72. The van der Waals surface area contributed by atoms with Crippen molar-refractivity contribution >= 4 is 30.9 Å². The third-order valence-electron chi connectivity index (χ3n) is 6.30. The Hall–Kier alpha value is -1.52. The highest BCUT2D eigenvalue weighted by Crippen LogP contribution is 2.42. The van der Waals surface area contributed by atoms with Gasteiger partial charge in [-0.15, -0.1) is 24.8 Å². The summed E-state index contributed by atoms with van der Waals surface area (Å²) in [5, 5.41) is 3.66. The third kappa shape index (κ3) is 5.76. The molecule has 2 aromatic carbocycles. The molecule has 0 aromatic heterocycles. The zero-order valence-electron chi connectivity index (χ0n) is 17.0. The summed E-state index contributed by atoms with van der Waals surface area (Å²) in [6.07, 6.45) is 7.01. The summed E-state index contributed by atoms with van der Waals surface area (Å²) >= 11 is 0. The van der Waals surface area contributed by atoms with Gasteiger partial charge in [0.25, 0.3) is 0 Å². The predicted molar refractivity (Wildman–Crippen MR) is 127 cm³/mol. The molecular weight excluding hydrogens is 403 g/mol. The number of benzene rings is 2. The van der Waals surface area contributed by atoms with E-state index in [2.05, 4.69) is 64.8 Å². The second-order valence-electron chi connectivity index (χ2n) is 8.05. The average molecular weight is 435 g/mol. The average Bonchev–Trinajstić information content (AvgIpc) is 3.25. The molecule has 0 amide bonds. The second kappa shape index (κ2) is 11.0. The maximum atomic E-state index is 5.23. The number of nitrogens with one attached hydrogen (secondary N) is 1. The van der Waals surface area contributed by atoms with Gasteiger partial charge in [-0.25, -0.2) is 0 Å². The maximum Gasteiger partial charge on any atom is 0.118 e. The summed E-state index contributed by atoms with van der Waals surface area (Å²) in [6, 6.07) is 19.2. The molecule has 0 bridgehead atoms. The van der Waals surface area contributed by atoms with Gasteiger partial charge in [0.2, 0.25) is 0 Å². The Labute approximate surface area is 187 Å². The van der Waals surface area contributed by atoms with Crippen molar-refractivity contribution in [2.24, 2.45) is 11.3 Å². The fourth-order valence-corrected chi connectivity index (χ4v) is 4.72. The highest BCUT2D eigenvalue weighted by molar-refractivity contribution is 5.85. The molecule has 2 aliphatic rings. The standard InChI is InChI=1S/C24H30N2O.2ClH/c1-27-23-11-9-21(10-12-23)8-5-15-26-17-22-16-25-18-24(22,19-26)14-13-20-6-3-2-4-7-20;;/h2-12,22,25H,13-19H2,1H3;2*1H/b8-5+;;. The maximum absolute atomic E-state index is 5.23. The molecule has 158 valence electrons. The smallest absolute Gasteiger partial charge is 0.118 e. The highest BCUT2D eigenvalue weighted by atomic mass is 35.5. The van der Waals surface area contributed by atoms with Gasteiger partial charge >= 0.3 is 0 Å². The molecular formula is C24H32Cl2N2O. The second-order valence-corrected chi connectivity index (χ2v) is 8.05. The number of likely N-dealkylation sites (tertiary alicyclic amines) is 1. The molecule has 0 saturated carbocycles. The van der Waals surface area contributed by atoms with Crippen molar-refractivity contribution in [2.75, 3.05) is 39.8 Å². The van der Waals surface area contributed by atoms with E-state index < -0.39 is 0 Å². The van der Waals surface area contributed by atoms with Gasteiger partial charge in [0.05, 0.1) is 7.11 Å². The van der Waals surface area contributed by atoms with E-state index >= 15 is 0 Å². The quantitative estimate of drug-likeness (QED) is 0.682. The SMILES string of the molecule is COc1ccc(/C=C/CN2CC3CNCC3(CCc3ccccc3)C2)cc1.Cl.Cl. The van der Waals surface area contributed by atoms with Crippen molar-refractivity contribution in [1.29, 1.82) is 0 Å². The van der Waals surface area contributed by atoms with Gasteiger partial charge in [0, 0.05) is 31.6 Å². The zero-order valence-corrected chi connectivity index (χ0v) is 18.7. The number of halogens is 2. The molecule has 2 saturated heterocycles. The van der Waals surface area contributed by atoms with Crippen molar-refractivity contribution in [2.45, 2.75) is 12.8 Å². The van der Waals surface area contributed by atoms with E-state index in [1.54, 1.807) is 7.11 Å². The van der Waals surface area contributed by atoms with Crippen molar-refractivity contribution < 1.29 is 4.74 Å². The Morgan fingerprint density at radius 3 is 2.59 bits per heavy atom. The molecule has 0 radical (unpaired) electrons. The minimum absolute atomic E-state index is 0. The Morgan fingerprint density at radius 1 is 1.10 bits per heavy atom. The van der Waals surface area contributed by atoms with E-state index in [9.17, 15) is 0 Å². The molecule has 2 heterocycles. The van der Waals surface area contributed by atoms with Crippen LogP contribution in [0.15, 0.2) is 60.7 Å². The fraction of sp³-hybridized carbons (Fsp3) is 0.417. The van der Waals surface area contributed by atoms with Gasteiger partial charge in [-0.05, 0) is 48.6 Å². The minimum atomic E-state index is 0. The monoisotopic (exact) mass is 434 g/mol. The van der Waals surface area contributed by atoms with Gasteiger partial charge in [-0.1, -0.05) is 54.6 Å². The van der Waals surface area contributed by atoms with Crippen LogP contribution in [0, 0.1) is 11.3 Å². The summed E-state index contributed by atoms with van der Waals surface area (Å²) in [6.45, 7) is 5.81. The first-order chi connectivity index (χ1) is 13.3. The molecule has 1 N–H and O–H groups in total. The predicted octanol–water partition coefficient (Wildman–Crippen LogP) is 4.71. The van der Waals surface area contributed by atoms with E-state index in [1.165, 1.54) is 50.1 Å². The van der Waals surface area contributed by atoms with Gasteiger partial charge in [0.1, 0.15) is 5.75 Å². The van der Waals surface area contributed by atoms with Gasteiger partial charge < -0.3 is 10.1 Å². The molecule has 2 unspecified atom stereocenters. The lowest BCUT2D eigenvalue weighted by molar-refractivity contribution is 0.249. The van der Waals surface area contributed by atoms with Crippen LogP contribution in [0.5, 0.6) is 5.75 Å². The van der Waals surface area contributed by atoms with E-state index in [1.807, 2.05) is 12.1 Å². The number of ether oxygens (including phenoxy) is 1. The van der Waals surface area contributed by atoms with Crippen molar-refractivity contribution in [3.8, 4) is 5.75 Å². The minimum Gasteiger partial charge on any atom is -0.497 e. The summed E-state index contributed by atoms with van der Waals surface area (Å²) in [5.74, 6) is 1.70. The van der Waals surface area contributed by atoms with Crippen LogP contribution in [-0.4, -0.2) is 44.7 Å². The Bertz CT molecular complexity index is 766. The first kappa shape index (κ1) is 23.8. The summed E-state index contributed by atoms with van der Waals surface area (Å²) in [5.41, 5.74) is 3.15. The van der Waals surface area contributed by atoms with Crippen LogP contribution in [-0.2, 0) is 6.42 Å². The van der Waals surface area contributed by atoms with Gasteiger partial charge in [-0.3, -0.25) is 4.90 Å². The molecule has 0 spiro atoms. The molecule has 3 nitrogen and oxygen atoms in total. The van der Waals surface area contributed by atoms with Crippen LogP contribution in [0.25, 0.3) is 6.08 Å². The number of nitrogens with zero attached hydrogens (tertiary/aromatic N) is 1. The molecule has 0 aliphatic carbocycles. The summed E-state index contributed by atoms with van der Waals surface area (Å²) in [4.78, 5) is 2.64. The lowest BCUT2D eigenvalue weighted by Gasteiger charge is -2.28. The van der Waals surface area contributed by atoms with Crippen LogP contribution in [0.3, 0.4) is 0 Å². The number of aryl methyl sites for hydroxylation is 1. The van der Waals surface area contributed by atoms with Crippen LogP contribution >= 0.6 is 24.8 Å². The first-order valence-electron chi connectivity index (χ1n) is 10.0. The summed E-state index contributed by atoms with van der Waals surface area (Å²) in [7, 11) is 1.71. The van der Waals surface area contributed by atoms with Crippen molar-refractivity contribution in [1.82, 2.24) is 10.2 Å². The van der Waals surface area contributed by atoms with Crippen LogP contribution in [0.1, 0.15) is 17.5 Å². The third-order valence-corrected chi connectivity index (χ3v) is 6.30. The first-order valence-corrected chi connectivity index (χ1v) is 10.0. The number of fused-ring (bicyclic) bond motifs is 1. The Balaban J connectivity index is 0.00000150. The molecule has 2 fully saturated rings. The molecule has 29 heavy (non-hydrogen) atoms. The number of methoxy groups -OCH3 is 1. The van der Waals surface area contributed by atoms with Gasteiger partial charge in [0.15, 0.2) is 0 Å². The Kier molecular flexibility index (Phi) is 9.04. The number of hydrogen-bond acceptors (Lipinski definition) is 3. The topological polar surface area (TPSA) is 24.5 Å². The lowest BCUT2D eigenvalue weighted by atomic mass is 9.76. The van der Waals surface area contributed by atoms with Crippen LogP contribution < -0.4 is 10.1 Å². The lowest BCUT2D eigenvalue weighted by Crippen LogP contribution is -2.33. The molecule has 2 aromatic rings. The van der Waals surface area contributed by atoms with E-state index in [-0.39, 0.29) is 24.8 Å². The Morgan fingerprint density at radius 2 is 1.86 bits per heavy atom. The van der Waals surface area contributed by atoms with Crippen LogP contribution in [0.4, 0.5) is 0 Å². The van der Waals surface area contributed by atoms with Crippen molar-refractivity contribution in [3.63, 3.8) is 0 Å². The summed E-state index contributed by atoms with van der Waals surface area (Å²) < 4.78 is 5.23. The molecule has 2 atom stereocenters. The van der Waals surface area contributed by atoms with Crippen molar-refractivity contribution in [3.05, 3.63) is 71.8 Å². The zero-order chi connectivity index (χ0) is 18.5. The molecule has 5 heteroatoms. The molecule has 4 rings (SSSR count). The normalized spacial score (nSPS) is 23.4. The number of rotatable bonds is 7. The van der Waals surface area contributed by atoms with Gasteiger partial charge in [-0.2, -0.15) is 0 Å². The molecule has 2 aliphatic heterocycles. The van der Waals surface area contributed by atoms with E-state index in [0.717, 1.165) is 18.2 Å². The van der Waals surface area contributed by atoms with E-state index in [4.69, 9.17) is 4.74 Å². The van der Waals surface area contributed by atoms with E-state index in [0.29, 0.717) is 5.41 Å². The number of hydrogen-bond donors (Lipinski definition) is 1.